The lowest BCUT2D eigenvalue weighted by molar-refractivity contribution is -0.0142. The Labute approximate surface area is 167 Å². The Balaban J connectivity index is 1.14. The van der Waals surface area contributed by atoms with Gasteiger partial charge in [0.2, 0.25) is 0 Å². The fourth-order valence-electron chi connectivity index (χ4n) is 5.99. The standard InChI is InChI=1S/C24H28ClNO/c25-22-3-1-2-17(13-22)15-27-23-6-4-16(5-7-23)14-26-24-20-9-18-8-19(11-20)12-21(24)10-18/h1-7,13,18-21,24,26H,8-12,14-15H2. The van der Waals surface area contributed by atoms with E-state index in [1.165, 1.54) is 37.7 Å². The second kappa shape index (κ2) is 7.48. The topological polar surface area (TPSA) is 21.3 Å². The Kier molecular flexibility index (Phi) is 4.87. The van der Waals surface area contributed by atoms with Crippen molar-refractivity contribution in [1.29, 1.82) is 0 Å². The van der Waals surface area contributed by atoms with Crippen LogP contribution in [0.25, 0.3) is 0 Å². The van der Waals surface area contributed by atoms with Gasteiger partial charge in [-0.25, -0.2) is 0 Å². The summed E-state index contributed by atoms with van der Waals surface area (Å²) in [6, 6.07) is 17.1. The SMILES string of the molecule is Clc1cccc(COc2ccc(CNC3C4CC5CC(C4)CC3C5)cc2)c1. The van der Waals surface area contributed by atoms with E-state index in [0.717, 1.165) is 52.6 Å². The zero-order valence-corrected chi connectivity index (χ0v) is 16.5. The Bertz CT molecular complexity index is 759. The number of nitrogens with one attached hydrogen (secondary N) is 1. The average Bonchev–Trinajstić information content (AvgIpc) is 2.66. The third-order valence-corrected chi connectivity index (χ3v) is 7.22. The van der Waals surface area contributed by atoms with E-state index < -0.39 is 0 Å². The van der Waals surface area contributed by atoms with E-state index in [-0.39, 0.29) is 0 Å². The Morgan fingerprint density at radius 2 is 1.56 bits per heavy atom. The molecule has 2 nitrogen and oxygen atoms in total. The summed E-state index contributed by atoms with van der Waals surface area (Å²) in [6.07, 6.45) is 7.42. The molecule has 0 unspecified atom stereocenters. The van der Waals surface area contributed by atoms with Crippen LogP contribution in [0.15, 0.2) is 48.5 Å². The summed E-state index contributed by atoms with van der Waals surface area (Å²) < 4.78 is 5.89. The van der Waals surface area contributed by atoms with Gasteiger partial charge < -0.3 is 10.1 Å². The van der Waals surface area contributed by atoms with Crippen LogP contribution in [0.5, 0.6) is 5.75 Å². The smallest absolute Gasteiger partial charge is 0.119 e. The highest BCUT2D eigenvalue weighted by atomic mass is 35.5. The van der Waals surface area contributed by atoms with Crippen LogP contribution in [0, 0.1) is 23.7 Å². The average molecular weight is 382 g/mol. The number of hydrogen-bond donors (Lipinski definition) is 1. The maximum absolute atomic E-state index is 6.03. The van der Waals surface area contributed by atoms with Gasteiger partial charge in [-0.05, 0) is 91.2 Å². The quantitative estimate of drug-likeness (QED) is 0.679. The lowest BCUT2D eigenvalue weighted by Crippen LogP contribution is -2.54. The third-order valence-electron chi connectivity index (χ3n) is 6.99. The highest BCUT2D eigenvalue weighted by molar-refractivity contribution is 6.30. The zero-order chi connectivity index (χ0) is 18.2. The monoisotopic (exact) mass is 381 g/mol. The van der Waals surface area contributed by atoms with Crippen molar-refractivity contribution in [3.8, 4) is 5.75 Å². The number of hydrogen-bond acceptors (Lipinski definition) is 2. The number of ether oxygens (including phenoxy) is 1. The Hall–Kier alpha value is -1.51. The van der Waals surface area contributed by atoms with Crippen molar-refractivity contribution < 1.29 is 4.74 Å². The maximum atomic E-state index is 6.03. The highest BCUT2D eigenvalue weighted by Crippen LogP contribution is 2.53. The molecule has 2 aromatic carbocycles. The first kappa shape index (κ1) is 17.6. The van der Waals surface area contributed by atoms with Gasteiger partial charge in [0.1, 0.15) is 12.4 Å². The van der Waals surface area contributed by atoms with Crippen LogP contribution in [0.1, 0.15) is 43.2 Å². The van der Waals surface area contributed by atoms with Gasteiger partial charge in [-0.1, -0.05) is 35.9 Å². The summed E-state index contributed by atoms with van der Waals surface area (Å²) in [4.78, 5) is 0. The van der Waals surface area contributed by atoms with Crippen LogP contribution >= 0.6 is 11.6 Å². The van der Waals surface area contributed by atoms with Crippen molar-refractivity contribution >= 4 is 11.6 Å². The fraction of sp³-hybridized carbons (Fsp3) is 0.500. The molecule has 4 fully saturated rings. The van der Waals surface area contributed by atoms with E-state index in [2.05, 4.69) is 29.6 Å². The van der Waals surface area contributed by atoms with Crippen LogP contribution in [0.4, 0.5) is 0 Å². The predicted octanol–water partition coefficient (Wildman–Crippen LogP) is 5.83. The molecular formula is C24H28ClNO. The second-order valence-corrected chi connectivity index (χ2v) is 9.34. The largest absolute Gasteiger partial charge is 0.489 e. The molecule has 1 N–H and O–H groups in total. The van der Waals surface area contributed by atoms with Crippen molar-refractivity contribution in [2.45, 2.75) is 51.3 Å². The van der Waals surface area contributed by atoms with Crippen molar-refractivity contribution in [3.63, 3.8) is 0 Å². The summed E-state index contributed by atoms with van der Waals surface area (Å²) >= 11 is 6.03. The van der Waals surface area contributed by atoms with Crippen LogP contribution < -0.4 is 10.1 Å². The van der Waals surface area contributed by atoms with E-state index in [1.807, 2.05) is 24.3 Å². The second-order valence-electron chi connectivity index (χ2n) is 8.90. The Morgan fingerprint density at radius 3 is 2.22 bits per heavy atom. The van der Waals surface area contributed by atoms with Gasteiger partial charge in [-0.15, -0.1) is 0 Å². The molecule has 4 saturated carbocycles. The molecule has 4 aliphatic rings. The first-order chi connectivity index (χ1) is 13.2. The summed E-state index contributed by atoms with van der Waals surface area (Å²) in [7, 11) is 0. The molecule has 0 radical (unpaired) electrons. The minimum atomic E-state index is 0.548. The molecule has 2 aromatic rings. The molecule has 4 aliphatic carbocycles. The fourth-order valence-corrected chi connectivity index (χ4v) is 6.20. The molecule has 0 spiro atoms. The molecule has 6 rings (SSSR count). The summed E-state index contributed by atoms with van der Waals surface area (Å²) in [5.74, 6) is 4.86. The predicted molar refractivity (Wildman–Crippen MR) is 110 cm³/mol. The number of rotatable bonds is 6. The lowest BCUT2D eigenvalue weighted by atomic mass is 9.54. The molecule has 3 heteroatoms. The zero-order valence-electron chi connectivity index (χ0n) is 15.7. The van der Waals surface area contributed by atoms with Crippen molar-refractivity contribution in [2.24, 2.45) is 23.7 Å². The van der Waals surface area contributed by atoms with Gasteiger partial charge in [0.15, 0.2) is 0 Å². The maximum Gasteiger partial charge on any atom is 0.119 e. The van der Waals surface area contributed by atoms with E-state index in [9.17, 15) is 0 Å². The van der Waals surface area contributed by atoms with Gasteiger partial charge in [-0.2, -0.15) is 0 Å². The van der Waals surface area contributed by atoms with Crippen LogP contribution in [-0.4, -0.2) is 6.04 Å². The lowest BCUT2D eigenvalue weighted by Gasteiger charge is -2.54. The summed E-state index contributed by atoms with van der Waals surface area (Å²) in [6.45, 7) is 1.52. The third kappa shape index (κ3) is 3.88. The van der Waals surface area contributed by atoms with E-state index in [1.54, 1.807) is 0 Å². The molecule has 0 atom stereocenters. The van der Waals surface area contributed by atoms with Gasteiger partial charge in [0.25, 0.3) is 0 Å². The summed E-state index contributed by atoms with van der Waals surface area (Å²) in [5, 5.41) is 4.66. The van der Waals surface area contributed by atoms with Crippen LogP contribution in [0.2, 0.25) is 5.02 Å². The summed E-state index contributed by atoms with van der Waals surface area (Å²) in [5.41, 5.74) is 2.44. The molecule has 27 heavy (non-hydrogen) atoms. The van der Waals surface area contributed by atoms with Crippen molar-refractivity contribution in [1.82, 2.24) is 5.32 Å². The van der Waals surface area contributed by atoms with Crippen LogP contribution in [0.3, 0.4) is 0 Å². The van der Waals surface area contributed by atoms with E-state index >= 15 is 0 Å². The molecule has 142 valence electrons. The minimum absolute atomic E-state index is 0.548. The van der Waals surface area contributed by atoms with Gasteiger partial charge in [-0.3, -0.25) is 0 Å². The van der Waals surface area contributed by atoms with Crippen molar-refractivity contribution in [3.05, 3.63) is 64.7 Å². The molecule has 0 amide bonds. The van der Waals surface area contributed by atoms with Crippen LogP contribution in [-0.2, 0) is 13.2 Å². The molecular weight excluding hydrogens is 354 g/mol. The molecule has 4 bridgehead atoms. The number of benzene rings is 2. The molecule has 0 aromatic heterocycles. The first-order valence-electron chi connectivity index (χ1n) is 10.4. The van der Waals surface area contributed by atoms with Gasteiger partial charge >= 0.3 is 0 Å². The molecule has 0 aliphatic heterocycles. The Morgan fingerprint density at radius 1 is 0.852 bits per heavy atom. The first-order valence-corrected chi connectivity index (χ1v) is 10.8. The number of halogens is 1. The molecule has 0 saturated heterocycles. The van der Waals surface area contributed by atoms with E-state index in [4.69, 9.17) is 16.3 Å². The van der Waals surface area contributed by atoms with Gasteiger partial charge in [0, 0.05) is 17.6 Å². The normalized spacial score (nSPS) is 31.2. The van der Waals surface area contributed by atoms with Crippen molar-refractivity contribution in [2.75, 3.05) is 0 Å². The highest BCUT2D eigenvalue weighted by Gasteiger charge is 2.47. The minimum Gasteiger partial charge on any atom is -0.489 e. The molecule has 0 heterocycles. The van der Waals surface area contributed by atoms with E-state index in [0.29, 0.717) is 6.61 Å². The van der Waals surface area contributed by atoms with Gasteiger partial charge in [0.05, 0.1) is 0 Å².